The second-order valence-electron chi connectivity index (χ2n) is 7.25. The van der Waals surface area contributed by atoms with Crippen molar-refractivity contribution in [3.63, 3.8) is 0 Å². The number of pyridine rings is 1. The molecule has 0 bridgehead atoms. The highest BCUT2D eigenvalue weighted by Gasteiger charge is 2.43. The molecule has 2 fully saturated rings. The van der Waals surface area contributed by atoms with Crippen molar-refractivity contribution >= 4 is 29.1 Å². The van der Waals surface area contributed by atoms with Gasteiger partial charge in [-0.3, -0.25) is 19.5 Å². The van der Waals surface area contributed by atoms with Crippen LogP contribution in [0, 0.1) is 0 Å². The zero-order chi connectivity index (χ0) is 19.5. The fraction of sp³-hybridized carbons (Fsp3) is 0.381. The summed E-state index contributed by atoms with van der Waals surface area (Å²) in [6.45, 7) is 4.41. The first-order chi connectivity index (χ1) is 13.6. The molecule has 6 nitrogen and oxygen atoms in total. The van der Waals surface area contributed by atoms with Gasteiger partial charge in [0.05, 0.1) is 18.2 Å². The van der Waals surface area contributed by atoms with Gasteiger partial charge >= 0.3 is 0 Å². The third-order valence-electron chi connectivity index (χ3n) is 5.52. The number of halogens is 1. The Bertz CT molecular complexity index is 835. The Morgan fingerprint density at radius 3 is 2.32 bits per heavy atom. The number of hydrogen-bond acceptors (Lipinski definition) is 5. The van der Waals surface area contributed by atoms with E-state index in [9.17, 15) is 9.59 Å². The smallest absolute Gasteiger partial charge is 0.251 e. The molecule has 3 heterocycles. The minimum Gasteiger partial charge on any atom is -0.300 e. The maximum Gasteiger partial charge on any atom is 0.251 e. The van der Waals surface area contributed by atoms with Gasteiger partial charge in [-0.2, -0.15) is 0 Å². The Morgan fingerprint density at radius 1 is 0.964 bits per heavy atom. The van der Waals surface area contributed by atoms with Gasteiger partial charge in [0.25, 0.3) is 5.91 Å². The number of amides is 2. The van der Waals surface area contributed by atoms with Crippen molar-refractivity contribution in [1.29, 1.82) is 0 Å². The number of carbonyl (C=O) groups excluding carboxylic acids is 2. The molecule has 146 valence electrons. The van der Waals surface area contributed by atoms with Crippen LogP contribution in [0.25, 0.3) is 0 Å². The van der Waals surface area contributed by atoms with E-state index in [1.807, 2.05) is 24.5 Å². The second kappa shape index (κ2) is 8.39. The van der Waals surface area contributed by atoms with Crippen molar-refractivity contribution in [3.05, 3.63) is 59.4 Å². The van der Waals surface area contributed by atoms with Crippen molar-refractivity contribution in [2.45, 2.75) is 18.9 Å². The molecule has 1 atom stereocenters. The van der Waals surface area contributed by atoms with Gasteiger partial charge in [-0.15, -0.1) is 0 Å². The molecule has 2 amide bonds. The van der Waals surface area contributed by atoms with E-state index in [1.165, 1.54) is 10.5 Å². The number of hydrogen-bond donors (Lipinski definition) is 0. The van der Waals surface area contributed by atoms with Crippen LogP contribution in [0.4, 0.5) is 5.69 Å². The van der Waals surface area contributed by atoms with E-state index in [0.717, 1.165) is 39.1 Å². The summed E-state index contributed by atoms with van der Waals surface area (Å²) in [5.41, 5.74) is 1.88. The number of piperazine rings is 1. The zero-order valence-corrected chi connectivity index (χ0v) is 16.4. The molecular weight excluding hydrogens is 376 g/mol. The van der Waals surface area contributed by atoms with Gasteiger partial charge in [0.2, 0.25) is 5.91 Å². The third kappa shape index (κ3) is 4.09. The van der Waals surface area contributed by atoms with E-state index < -0.39 is 0 Å². The summed E-state index contributed by atoms with van der Waals surface area (Å²) in [5.74, 6) is -0.269. The number of imide groups is 1. The van der Waals surface area contributed by atoms with Crippen molar-refractivity contribution in [1.82, 2.24) is 14.8 Å². The molecule has 0 unspecified atom stereocenters. The molecule has 0 saturated carbocycles. The largest absolute Gasteiger partial charge is 0.300 e. The van der Waals surface area contributed by atoms with Crippen molar-refractivity contribution in [3.8, 4) is 0 Å². The van der Waals surface area contributed by atoms with Crippen molar-refractivity contribution < 1.29 is 9.59 Å². The van der Waals surface area contributed by atoms with Crippen molar-refractivity contribution in [2.24, 2.45) is 0 Å². The molecule has 28 heavy (non-hydrogen) atoms. The van der Waals surface area contributed by atoms with Gasteiger partial charge in [-0.25, -0.2) is 4.90 Å². The fourth-order valence-electron chi connectivity index (χ4n) is 3.90. The number of carbonyl (C=O) groups is 2. The average molecular weight is 399 g/mol. The van der Waals surface area contributed by atoms with Crippen LogP contribution >= 0.6 is 11.6 Å². The lowest BCUT2D eigenvalue weighted by atomic mass is 10.1. The Labute approximate surface area is 169 Å². The molecule has 2 aromatic rings. The summed E-state index contributed by atoms with van der Waals surface area (Å²) in [6.07, 6.45) is 4.89. The Balaban J connectivity index is 1.32. The van der Waals surface area contributed by atoms with Gasteiger partial charge in [0, 0.05) is 50.1 Å². The molecule has 7 heteroatoms. The number of benzene rings is 1. The van der Waals surface area contributed by atoms with Gasteiger partial charge < -0.3 is 4.90 Å². The maximum atomic E-state index is 12.9. The summed E-state index contributed by atoms with van der Waals surface area (Å²) >= 11 is 5.92. The van der Waals surface area contributed by atoms with E-state index in [-0.39, 0.29) is 24.3 Å². The van der Waals surface area contributed by atoms with Crippen LogP contribution in [-0.2, 0) is 16.0 Å². The summed E-state index contributed by atoms with van der Waals surface area (Å²) in [6, 6.07) is 10.6. The van der Waals surface area contributed by atoms with Gasteiger partial charge in [-0.05, 0) is 48.4 Å². The molecule has 2 aliphatic rings. The standard InChI is InChI=1S/C21H23ClN4O2/c22-17-1-3-18(4-2-17)26-20(27)15-19(21(26)28)25-13-11-24(12-14-25)10-7-16-5-8-23-9-6-16/h1-6,8-9,19H,7,10-15H2/t19-/m1/s1. The van der Waals surface area contributed by atoms with Gasteiger partial charge in [0.15, 0.2) is 0 Å². The molecule has 2 aliphatic heterocycles. The normalized spacial score (nSPS) is 21.5. The number of anilines is 1. The minimum absolute atomic E-state index is 0.127. The number of nitrogens with zero attached hydrogens (tertiary/aromatic N) is 4. The van der Waals surface area contributed by atoms with Crippen LogP contribution in [0.15, 0.2) is 48.8 Å². The number of rotatable bonds is 5. The summed E-state index contributed by atoms with van der Waals surface area (Å²) in [7, 11) is 0. The number of aromatic nitrogens is 1. The monoisotopic (exact) mass is 398 g/mol. The zero-order valence-electron chi connectivity index (χ0n) is 15.6. The molecule has 2 saturated heterocycles. The third-order valence-corrected chi connectivity index (χ3v) is 5.77. The first-order valence-electron chi connectivity index (χ1n) is 9.59. The lowest BCUT2D eigenvalue weighted by Crippen LogP contribution is -2.52. The van der Waals surface area contributed by atoms with Crippen LogP contribution in [0.1, 0.15) is 12.0 Å². The Hall–Kier alpha value is -2.28. The van der Waals surface area contributed by atoms with E-state index in [4.69, 9.17) is 11.6 Å². The molecular formula is C21H23ClN4O2. The Kier molecular flexibility index (Phi) is 5.71. The van der Waals surface area contributed by atoms with Crippen LogP contribution < -0.4 is 4.90 Å². The minimum atomic E-state index is -0.356. The first-order valence-corrected chi connectivity index (χ1v) is 9.97. The van der Waals surface area contributed by atoms with E-state index >= 15 is 0 Å². The highest BCUT2D eigenvalue weighted by molar-refractivity contribution is 6.30. The molecule has 0 aliphatic carbocycles. The van der Waals surface area contributed by atoms with E-state index in [1.54, 1.807) is 24.3 Å². The predicted octanol–water partition coefficient (Wildman–Crippen LogP) is 2.23. The van der Waals surface area contributed by atoms with Crippen LogP contribution in [-0.4, -0.2) is 65.4 Å². The van der Waals surface area contributed by atoms with E-state index in [2.05, 4.69) is 14.8 Å². The van der Waals surface area contributed by atoms with Crippen LogP contribution in [0.3, 0.4) is 0 Å². The molecule has 0 radical (unpaired) electrons. The van der Waals surface area contributed by atoms with E-state index in [0.29, 0.717) is 10.7 Å². The maximum absolute atomic E-state index is 12.9. The molecule has 0 N–H and O–H groups in total. The molecule has 0 spiro atoms. The first kappa shape index (κ1) is 19.1. The van der Waals surface area contributed by atoms with Crippen LogP contribution in [0.2, 0.25) is 5.02 Å². The molecule has 1 aromatic carbocycles. The summed E-state index contributed by atoms with van der Waals surface area (Å²) in [4.78, 5) is 35.3. The average Bonchev–Trinajstić information content (AvgIpc) is 3.02. The van der Waals surface area contributed by atoms with Gasteiger partial charge in [0.1, 0.15) is 0 Å². The van der Waals surface area contributed by atoms with Crippen molar-refractivity contribution in [2.75, 3.05) is 37.6 Å². The second-order valence-corrected chi connectivity index (χ2v) is 7.68. The SMILES string of the molecule is O=C1C[C@@H](N2CCN(CCc3ccncc3)CC2)C(=O)N1c1ccc(Cl)cc1. The van der Waals surface area contributed by atoms with Crippen LogP contribution in [0.5, 0.6) is 0 Å². The highest BCUT2D eigenvalue weighted by Crippen LogP contribution is 2.27. The topological polar surface area (TPSA) is 56.8 Å². The quantitative estimate of drug-likeness (QED) is 0.723. The highest BCUT2D eigenvalue weighted by atomic mass is 35.5. The summed E-state index contributed by atoms with van der Waals surface area (Å²) in [5, 5.41) is 0.585. The molecule has 4 rings (SSSR count). The fourth-order valence-corrected chi connectivity index (χ4v) is 4.02. The Morgan fingerprint density at radius 2 is 1.64 bits per heavy atom. The van der Waals surface area contributed by atoms with Gasteiger partial charge in [-0.1, -0.05) is 11.6 Å². The summed E-state index contributed by atoms with van der Waals surface area (Å²) < 4.78 is 0. The molecule has 1 aromatic heterocycles. The lowest BCUT2D eigenvalue weighted by molar-refractivity contribution is -0.123. The predicted molar refractivity (Wildman–Crippen MR) is 108 cm³/mol. The lowest BCUT2D eigenvalue weighted by Gasteiger charge is -2.37.